The molecule has 2 rings (SSSR count). The first-order valence-corrected chi connectivity index (χ1v) is 6.82. The third-order valence-electron chi connectivity index (χ3n) is 2.55. The van der Waals surface area contributed by atoms with Crippen molar-refractivity contribution in [1.82, 2.24) is 4.98 Å². The Labute approximate surface area is 93.8 Å². The molecule has 2 aromatic rings. The van der Waals surface area contributed by atoms with E-state index in [2.05, 4.69) is 4.98 Å². The highest BCUT2D eigenvalue weighted by molar-refractivity contribution is 7.90. The summed E-state index contributed by atoms with van der Waals surface area (Å²) < 4.78 is 22.8. The molecule has 16 heavy (non-hydrogen) atoms. The van der Waals surface area contributed by atoms with Crippen molar-refractivity contribution in [2.24, 2.45) is 0 Å². The van der Waals surface area contributed by atoms with Crippen molar-refractivity contribution in [2.45, 2.75) is 11.3 Å². The number of hydrogen-bond acceptors (Lipinski definition) is 3. The highest BCUT2D eigenvalue weighted by atomic mass is 32.2. The molecule has 0 atom stereocenters. The number of sulfone groups is 1. The topological polar surface area (TPSA) is 70.2 Å². The van der Waals surface area contributed by atoms with E-state index in [1.165, 1.54) is 6.26 Å². The highest BCUT2D eigenvalue weighted by Gasteiger charge is 2.10. The van der Waals surface area contributed by atoms with Crippen molar-refractivity contribution in [3.05, 3.63) is 30.0 Å². The van der Waals surface area contributed by atoms with Gasteiger partial charge in [-0.25, -0.2) is 8.42 Å². The highest BCUT2D eigenvalue weighted by Crippen LogP contribution is 2.22. The molecule has 0 bridgehead atoms. The van der Waals surface area contributed by atoms with Gasteiger partial charge < -0.3 is 10.1 Å². The molecule has 2 N–H and O–H groups in total. The van der Waals surface area contributed by atoms with Crippen molar-refractivity contribution in [3.8, 4) is 0 Å². The molecule has 0 fully saturated rings. The van der Waals surface area contributed by atoms with E-state index in [1.807, 2.05) is 0 Å². The predicted molar refractivity (Wildman–Crippen MR) is 62.2 cm³/mol. The number of aromatic amines is 1. The average Bonchev–Trinajstić information content (AvgIpc) is 2.60. The minimum atomic E-state index is -3.18. The van der Waals surface area contributed by atoms with Crippen molar-refractivity contribution in [1.29, 1.82) is 0 Å². The first-order chi connectivity index (χ1) is 7.52. The summed E-state index contributed by atoms with van der Waals surface area (Å²) in [6, 6.07) is 4.97. The zero-order valence-electron chi connectivity index (χ0n) is 8.90. The molecule has 0 aliphatic rings. The Morgan fingerprint density at radius 1 is 1.38 bits per heavy atom. The Balaban J connectivity index is 2.63. The van der Waals surface area contributed by atoms with E-state index in [-0.39, 0.29) is 6.61 Å². The van der Waals surface area contributed by atoms with Gasteiger partial charge in [-0.15, -0.1) is 0 Å². The number of nitrogens with one attached hydrogen (secondary N) is 1. The van der Waals surface area contributed by atoms with Crippen LogP contribution in [0, 0.1) is 0 Å². The van der Waals surface area contributed by atoms with Crippen LogP contribution in [0.2, 0.25) is 0 Å². The van der Waals surface area contributed by atoms with Crippen molar-refractivity contribution in [2.75, 3.05) is 12.9 Å². The van der Waals surface area contributed by atoms with Crippen LogP contribution in [0.4, 0.5) is 0 Å². The summed E-state index contributed by atoms with van der Waals surface area (Å²) in [6.07, 6.45) is 3.51. The van der Waals surface area contributed by atoms with Crippen LogP contribution < -0.4 is 0 Å². The third-order valence-corrected chi connectivity index (χ3v) is 3.66. The van der Waals surface area contributed by atoms with Crippen LogP contribution in [0.1, 0.15) is 5.56 Å². The summed E-state index contributed by atoms with van der Waals surface area (Å²) in [5.74, 6) is 0. The number of rotatable bonds is 3. The van der Waals surface area contributed by atoms with Crippen molar-refractivity contribution >= 4 is 20.7 Å². The molecule has 1 heterocycles. The van der Waals surface area contributed by atoms with Crippen LogP contribution >= 0.6 is 0 Å². The maximum absolute atomic E-state index is 11.4. The molecule has 0 amide bonds. The smallest absolute Gasteiger partial charge is 0.175 e. The van der Waals surface area contributed by atoms with Gasteiger partial charge in [0.15, 0.2) is 9.84 Å². The maximum atomic E-state index is 11.4. The number of H-pyrrole nitrogens is 1. The zero-order valence-corrected chi connectivity index (χ0v) is 9.71. The van der Waals surface area contributed by atoms with Gasteiger partial charge in [0.05, 0.1) is 4.90 Å². The molecule has 0 unspecified atom stereocenters. The predicted octanol–water partition coefficient (Wildman–Crippen LogP) is 1.11. The van der Waals surface area contributed by atoms with Crippen LogP contribution in [0.5, 0.6) is 0 Å². The van der Waals surface area contributed by atoms with Crippen LogP contribution in [0.25, 0.3) is 10.9 Å². The Morgan fingerprint density at radius 2 is 2.12 bits per heavy atom. The lowest BCUT2D eigenvalue weighted by Crippen LogP contribution is -1.96. The van der Waals surface area contributed by atoms with Gasteiger partial charge in [0.2, 0.25) is 0 Å². The molecule has 0 aliphatic heterocycles. The van der Waals surface area contributed by atoms with E-state index in [4.69, 9.17) is 5.11 Å². The molecule has 1 aromatic carbocycles. The molecular weight excluding hydrogens is 226 g/mol. The van der Waals surface area contributed by atoms with Gasteiger partial charge in [-0.1, -0.05) is 0 Å². The molecule has 4 nitrogen and oxygen atoms in total. The fraction of sp³-hybridized carbons (Fsp3) is 0.273. The standard InChI is InChI=1S/C11H13NO3S/c1-16(14,15)9-2-3-11-10(6-9)8(4-5-13)7-12-11/h2-3,6-7,12-13H,4-5H2,1H3. The van der Waals surface area contributed by atoms with Crippen LogP contribution in [-0.4, -0.2) is 31.4 Å². The fourth-order valence-electron chi connectivity index (χ4n) is 1.72. The molecule has 86 valence electrons. The summed E-state index contributed by atoms with van der Waals surface area (Å²) in [5.41, 5.74) is 1.82. The van der Waals surface area contributed by atoms with Gasteiger partial charge in [0, 0.05) is 30.0 Å². The molecule has 0 saturated heterocycles. The minimum absolute atomic E-state index is 0.0516. The lowest BCUT2D eigenvalue weighted by molar-refractivity contribution is 0.300. The number of fused-ring (bicyclic) bond motifs is 1. The lowest BCUT2D eigenvalue weighted by atomic mass is 10.1. The second-order valence-electron chi connectivity index (χ2n) is 3.77. The number of benzene rings is 1. The molecule has 0 spiro atoms. The van der Waals surface area contributed by atoms with E-state index >= 15 is 0 Å². The molecule has 1 aromatic heterocycles. The van der Waals surface area contributed by atoms with Gasteiger partial charge >= 0.3 is 0 Å². The minimum Gasteiger partial charge on any atom is -0.396 e. The Hall–Kier alpha value is -1.33. The summed E-state index contributed by atoms with van der Waals surface area (Å²) >= 11 is 0. The van der Waals surface area contributed by atoms with Crippen molar-refractivity contribution < 1.29 is 13.5 Å². The van der Waals surface area contributed by atoms with Gasteiger partial charge in [-0.2, -0.15) is 0 Å². The maximum Gasteiger partial charge on any atom is 0.175 e. The number of aromatic nitrogens is 1. The molecule has 0 saturated carbocycles. The Morgan fingerprint density at radius 3 is 2.75 bits per heavy atom. The molecule has 0 radical (unpaired) electrons. The molecular formula is C11H13NO3S. The average molecular weight is 239 g/mol. The van der Waals surface area contributed by atoms with Gasteiger partial charge in [0.25, 0.3) is 0 Å². The number of aliphatic hydroxyl groups is 1. The third kappa shape index (κ3) is 1.96. The SMILES string of the molecule is CS(=O)(=O)c1ccc2[nH]cc(CCO)c2c1. The Bertz CT molecular complexity index is 613. The Kier molecular flexibility index (Phi) is 2.73. The summed E-state index contributed by atoms with van der Waals surface area (Å²) in [5, 5.41) is 9.75. The first-order valence-electron chi connectivity index (χ1n) is 4.93. The summed E-state index contributed by atoms with van der Waals surface area (Å²) in [6.45, 7) is 0.0516. The quantitative estimate of drug-likeness (QED) is 0.842. The zero-order chi connectivity index (χ0) is 11.8. The van der Waals surface area contributed by atoms with E-state index in [1.54, 1.807) is 24.4 Å². The van der Waals surface area contributed by atoms with E-state index in [9.17, 15) is 8.42 Å². The van der Waals surface area contributed by atoms with E-state index in [0.29, 0.717) is 11.3 Å². The van der Waals surface area contributed by atoms with Crippen molar-refractivity contribution in [3.63, 3.8) is 0 Å². The van der Waals surface area contributed by atoms with Crippen LogP contribution in [-0.2, 0) is 16.3 Å². The number of aliphatic hydroxyl groups excluding tert-OH is 1. The summed E-state index contributed by atoms with van der Waals surface area (Å²) in [7, 11) is -3.18. The first kappa shape index (κ1) is 11.2. The van der Waals surface area contributed by atoms with Crippen LogP contribution in [0.3, 0.4) is 0 Å². The van der Waals surface area contributed by atoms with Gasteiger partial charge in [0.1, 0.15) is 0 Å². The van der Waals surface area contributed by atoms with Gasteiger partial charge in [-0.05, 0) is 30.2 Å². The van der Waals surface area contributed by atoms with E-state index < -0.39 is 9.84 Å². The number of hydrogen-bond donors (Lipinski definition) is 2. The normalized spacial score (nSPS) is 12.1. The molecule has 0 aliphatic carbocycles. The monoisotopic (exact) mass is 239 g/mol. The second kappa shape index (κ2) is 3.92. The largest absolute Gasteiger partial charge is 0.396 e. The lowest BCUT2D eigenvalue weighted by Gasteiger charge is -2.00. The molecule has 5 heteroatoms. The fourth-order valence-corrected chi connectivity index (χ4v) is 2.36. The van der Waals surface area contributed by atoms with Gasteiger partial charge in [-0.3, -0.25) is 0 Å². The van der Waals surface area contributed by atoms with E-state index in [0.717, 1.165) is 16.5 Å². The summed E-state index contributed by atoms with van der Waals surface area (Å²) in [4.78, 5) is 3.35. The van der Waals surface area contributed by atoms with Crippen LogP contribution in [0.15, 0.2) is 29.3 Å². The second-order valence-corrected chi connectivity index (χ2v) is 5.78.